The molecule has 2 unspecified atom stereocenters. The van der Waals surface area contributed by atoms with Crippen LogP contribution in [0.3, 0.4) is 0 Å². The van der Waals surface area contributed by atoms with Crippen LogP contribution in [0.4, 0.5) is 4.79 Å². The molecule has 0 aromatic rings. The molecule has 0 spiro atoms. The molecule has 3 N–H and O–H groups in total. The normalized spacial score (nSPS) is 36.7. The molecular formula is C13H24N2O2. The highest BCUT2D eigenvalue weighted by atomic mass is 16.6. The second-order valence-electron chi connectivity index (χ2n) is 6.57. The Hall–Kier alpha value is -0.770. The summed E-state index contributed by atoms with van der Waals surface area (Å²) in [4.78, 5) is 11.6. The van der Waals surface area contributed by atoms with Crippen molar-refractivity contribution in [2.75, 3.05) is 0 Å². The smallest absolute Gasteiger partial charge is 0.407 e. The summed E-state index contributed by atoms with van der Waals surface area (Å²) in [7, 11) is 0. The third-order valence-electron chi connectivity index (χ3n) is 3.77. The lowest BCUT2D eigenvalue weighted by molar-refractivity contribution is 0.0503. The van der Waals surface area contributed by atoms with Crippen LogP contribution >= 0.6 is 0 Å². The highest BCUT2D eigenvalue weighted by molar-refractivity contribution is 5.68. The van der Waals surface area contributed by atoms with Crippen LogP contribution in [0.25, 0.3) is 0 Å². The number of nitrogens with one attached hydrogen (secondary N) is 1. The van der Waals surface area contributed by atoms with Gasteiger partial charge in [0.25, 0.3) is 0 Å². The number of hydrogen-bond donors (Lipinski definition) is 2. The Bertz CT molecular complexity index is 284. The maximum Gasteiger partial charge on any atom is 0.407 e. The van der Waals surface area contributed by atoms with E-state index in [1.165, 1.54) is 0 Å². The molecule has 0 radical (unpaired) electrons. The second kappa shape index (κ2) is 4.48. The van der Waals surface area contributed by atoms with Gasteiger partial charge in [-0.15, -0.1) is 0 Å². The molecule has 0 aromatic carbocycles. The number of ether oxygens (including phenoxy) is 1. The first kappa shape index (κ1) is 12.7. The second-order valence-corrected chi connectivity index (χ2v) is 6.57. The van der Waals surface area contributed by atoms with Gasteiger partial charge in [0, 0.05) is 12.1 Å². The molecule has 2 fully saturated rings. The summed E-state index contributed by atoms with van der Waals surface area (Å²) in [6, 6.07) is 0.667. The van der Waals surface area contributed by atoms with E-state index < -0.39 is 5.60 Å². The molecule has 1 amide bonds. The van der Waals surface area contributed by atoms with Crippen molar-refractivity contribution in [1.29, 1.82) is 0 Å². The first-order valence-electron chi connectivity index (χ1n) is 6.58. The molecule has 17 heavy (non-hydrogen) atoms. The van der Waals surface area contributed by atoms with E-state index in [0.29, 0.717) is 17.9 Å². The minimum atomic E-state index is -0.416. The minimum absolute atomic E-state index is 0.285. The summed E-state index contributed by atoms with van der Waals surface area (Å²) in [6.45, 7) is 5.65. The standard InChI is InChI=1S/C13H24N2O2/c1-13(2,3)17-12(16)15-11-6-8-4-10(14)5-9(8)7-11/h8-11H,4-7,14H2,1-3H3,(H,15,16)/t8-,9+,10?,11?. The summed E-state index contributed by atoms with van der Waals surface area (Å²) in [5, 5.41) is 2.98. The van der Waals surface area contributed by atoms with Crippen LogP contribution in [0.15, 0.2) is 0 Å². The minimum Gasteiger partial charge on any atom is -0.444 e. The van der Waals surface area contributed by atoms with Crippen molar-refractivity contribution >= 4 is 6.09 Å². The zero-order valence-corrected chi connectivity index (χ0v) is 11.0. The van der Waals surface area contributed by atoms with Crippen molar-refractivity contribution in [2.45, 2.75) is 64.1 Å². The van der Waals surface area contributed by atoms with Gasteiger partial charge in [0.15, 0.2) is 0 Å². The Morgan fingerprint density at radius 1 is 1.18 bits per heavy atom. The van der Waals surface area contributed by atoms with Crippen LogP contribution in [-0.2, 0) is 4.74 Å². The number of amides is 1. The lowest BCUT2D eigenvalue weighted by Gasteiger charge is -2.22. The van der Waals surface area contributed by atoms with E-state index in [1.54, 1.807) is 0 Å². The SMILES string of the molecule is CC(C)(C)OC(=O)NC1C[C@H]2CC(N)C[C@H]2C1. The van der Waals surface area contributed by atoms with Gasteiger partial charge in [0.2, 0.25) is 0 Å². The van der Waals surface area contributed by atoms with Crippen molar-refractivity contribution in [2.24, 2.45) is 17.6 Å². The highest BCUT2D eigenvalue weighted by Crippen LogP contribution is 2.43. The molecule has 0 aromatic heterocycles. The molecule has 98 valence electrons. The fourth-order valence-electron chi connectivity index (χ4n) is 3.26. The highest BCUT2D eigenvalue weighted by Gasteiger charge is 2.41. The van der Waals surface area contributed by atoms with Crippen LogP contribution in [0.2, 0.25) is 0 Å². The monoisotopic (exact) mass is 240 g/mol. The molecule has 4 nitrogen and oxygen atoms in total. The Kier molecular flexibility index (Phi) is 3.34. The molecule has 0 bridgehead atoms. The predicted octanol–water partition coefficient (Wildman–Crippen LogP) is 2.03. The molecular weight excluding hydrogens is 216 g/mol. The molecule has 0 heterocycles. The van der Waals surface area contributed by atoms with Crippen LogP contribution in [-0.4, -0.2) is 23.8 Å². The van der Waals surface area contributed by atoms with Crippen molar-refractivity contribution in [3.8, 4) is 0 Å². The molecule has 2 aliphatic carbocycles. The summed E-state index contributed by atoms with van der Waals surface area (Å²) < 4.78 is 5.27. The van der Waals surface area contributed by atoms with E-state index in [4.69, 9.17) is 10.5 Å². The predicted molar refractivity (Wildman–Crippen MR) is 66.6 cm³/mol. The van der Waals surface area contributed by atoms with E-state index in [-0.39, 0.29) is 12.1 Å². The molecule has 2 saturated carbocycles. The summed E-state index contributed by atoms with van der Waals surface area (Å²) in [5.41, 5.74) is 5.53. The van der Waals surface area contributed by atoms with Gasteiger partial charge in [-0.3, -0.25) is 0 Å². The van der Waals surface area contributed by atoms with Crippen molar-refractivity contribution < 1.29 is 9.53 Å². The third kappa shape index (κ3) is 3.35. The van der Waals surface area contributed by atoms with Gasteiger partial charge in [-0.1, -0.05) is 0 Å². The van der Waals surface area contributed by atoms with E-state index in [9.17, 15) is 4.79 Å². The van der Waals surface area contributed by atoms with Crippen molar-refractivity contribution in [3.05, 3.63) is 0 Å². The lowest BCUT2D eigenvalue weighted by atomic mass is 10.0. The fourth-order valence-corrected chi connectivity index (χ4v) is 3.26. The maximum absolute atomic E-state index is 11.6. The third-order valence-corrected chi connectivity index (χ3v) is 3.77. The number of rotatable bonds is 1. The van der Waals surface area contributed by atoms with E-state index in [2.05, 4.69) is 5.32 Å². The number of carbonyl (C=O) groups is 1. The average Bonchev–Trinajstić information content (AvgIpc) is 2.56. The number of hydrogen-bond acceptors (Lipinski definition) is 3. The summed E-state index contributed by atoms with van der Waals surface area (Å²) in [5.74, 6) is 1.43. The zero-order valence-electron chi connectivity index (χ0n) is 11.0. The average molecular weight is 240 g/mol. The molecule has 4 heteroatoms. The van der Waals surface area contributed by atoms with Crippen LogP contribution in [0.5, 0.6) is 0 Å². The topological polar surface area (TPSA) is 64.3 Å². The van der Waals surface area contributed by atoms with E-state index in [1.807, 2.05) is 20.8 Å². The number of fused-ring (bicyclic) bond motifs is 1. The Balaban J connectivity index is 1.77. The van der Waals surface area contributed by atoms with Crippen LogP contribution < -0.4 is 11.1 Å². The van der Waals surface area contributed by atoms with E-state index >= 15 is 0 Å². The largest absolute Gasteiger partial charge is 0.444 e. The number of carbonyl (C=O) groups excluding carboxylic acids is 1. The Labute approximate surface area is 103 Å². The quantitative estimate of drug-likeness (QED) is 0.737. The summed E-state index contributed by atoms with van der Waals surface area (Å²) >= 11 is 0. The molecule has 2 rings (SSSR count). The fraction of sp³-hybridized carbons (Fsp3) is 0.923. The maximum atomic E-state index is 11.6. The van der Waals surface area contributed by atoms with Crippen molar-refractivity contribution in [1.82, 2.24) is 5.32 Å². The summed E-state index contributed by atoms with van der Waals surface area (Å²) in [6.07, 6.45) is 4.09. The van der Waals surface area contributed by atoms with E-state index in [0.717, 1.165) is 25.7 Å². The number of alkyl carbamates (subject to hydrolysis) is 1. The first-order chi connectivity index (χ1) is 7.83. The Morgan fingerprint density at radius 2 is 1.71 bits per heavy atom. The van der Waals surface area contributed by atoms with Crippen molar-refractivity contribution in [3.63, 3.8) is 0 Å². The van der Waals surface area contributed by atoms with Crippen LogP contribution in [0.1, 0.15) is 46.5 Å². The first-order valence-corrected chi connectivity index (χ1v) is 6.58. The zero-order chi connectivity index (χ0) is 12.6. The Morgan fingerprint density at radius 3 is 2.18 bits per heavy atom. The van der Waals surface area contributed by atoms with Gasteiger partial charge in [-0.2, -0.15) is 0 Å². The van der Waals surface area contributed by atoms with Gasteiger partial charge >= 0.3 is 6.09 Å². The van der Waals surface area contributed by atoms with Gasteiger partial charge in [-0.25, -0.2) is 4.79 Å². The molecule has 0 saturated heterocycles. The van der Waals surface area contributed by atoms with Gasteiger partial charge < -0.3 is 15.8 Å². The van der Waals surface area contributed by atoms with Gasteiger partial charge in [-0.05, 0) is 58.3 Å². The number of nitrogens with two attached hydrogens (primary N) is 1. The molecule has 0 aliphatic heterocycles. The van der Waals surface area contributed by atoms with Gasteiger partial charge in [0.05, 0.1) is 0 Å². The van der Waals surface area contributed by atoms with Crippen LogP contribution in [0, 0.1) is 11.8 Å². The molecule has 4 atom stereocenters. The van der Waals surface area contributed by atoms with Gasteiger partial charge in [0.1, 0.15) is 5.60 Å². The lowest BCUT2D eigenvalue weighted by Crippen LogP contribution is -2.38. The molecule has 2 aliphatic rings.